The maximum atomic E-state index is 12.5. The minimum atomic E-state index is -0.0618. The molecule has 0 bridgehead atoms. The van der Waals surface area contributed by atoms with Gasteiger partial charge >= 0.3 is 6.03 Å². The number of rotatable bonds is 3. The molecule has 1 fully saturated rings. The van der Waals surface area contributed by atoms with Crippen LogP contribution in [0.25, 0.3) is 11.4 Å². The van der Waals surface area contributed by atoms with Crippen molar-refractivity contribution < 1.29 is 9.32 Å². The molecular weight excluding hydrogens is 352 g/mol. The van der Waals surface area contributed by atoms with E-state index in [2.05, 4.69) is 15.5 Å². The molecule has 3 aromatic rings. The van der Waals surface area contributed by atoms with Crippen molar-refractivity contribution in [2.45, 2.75) is 32.6 Å². The zero-order valence-electron chi connectivity index (χ0n) is 16.2. The second-order valence-electron chi connectivity index (χ2n) is 7.38. The monoisotopic (exact) mass is 376 g/mol. The lowest BCUT2D eigenvalue weighted by molar-refractivity contribution is 0.187. The van der Waals surface area contributed by atoms with E-state index < -0.39 is 0 Å². The smallest absolute Gasteiger partial charge is 0.321 e. The number of amides is 2. The van der Waals surface area contributed by atoms with Crippen LogP contribution in [0.15, 0.2) is 53.1 Å². The number of aromatic nitrogens is 2. The Morgan fingerprint density at radius 1 is 1.07 bits per heavy atom. The van der Waals surface area contributed by atoms with Crippen molar-refractivity contribution in [3.63, 3.8) is 0 Å². The minimum absolute atomic E-state index is 0.0618. The Labute approximate surface area is 164 Å². The Hall–Kier alpha value is -3.15. The van der Waals surface area contributed by atoms with Crippen LogP contribution in [-0.4, -0.2) is 34.2 Å². The first-order valence-corrected chi connectivity index (χ1v) is 9.62. The molecule has 2 amide bonds. The van der Waals surface area contributed by atoms with Crippen molar-refractivity contribution in [2.75, 3.05) is 18.4 Å². The Bertz CT molecular complexity index is 957. The lowest BCUT2D eigenvalue weighted by Crippen LogP contribution is -2.40. The summed E-state index contributed by atoms with van der Waals surface area (Å²) in [5, 5.41) is 7.10. The number of hydrogen-bond donors (Lipinski definition) is 1. The topological polar surface area (TPSA) is 71.3 Å². The van der Waals surface area contributed by atoms with Gasteiger partial charge in [-0.25, -0.2) is 4.79 Å². The van der Waals surface area contributed by atoms with Gasteiger partial charge in [-0.2, -0.15) is 4.98 Å². The zero-order valence-corrected chi connectivity index (χ0v) is 16.2. The molecule has 0 spiro atoms. The average Bonchev–Trinajstić information content (AvgIpc) is 3.20. The summed E-state index contributed by atoms with van der Waals surface area (Å²) < 4.78 is 5.52. The maximum Gasteiger partial charge on any atom is 0.321 e. The number of carbonyl (C=O) groups is 1. The third-order valence-electron chi connectivity index (χ3n) is 5.15. The third kappa shape index (κ3) is 4.06. The largest absolute Gasteiger partial charge is 0.339 e. The molecule has 1 aliphatic rings. The SMILES string of the molecule is Cc1ccc(NC(=O)N2CCC(c3nc(-c4cccc(C)c4)no3)CC2)cc1. The second kappa shape index (κ2) is 7.84. The predicted molar refractivity (Wildman–Crippen MR) is 108 cm³/mol. The fourth-order valence-electron chi connectivity index (χ4n) is 3.47. The highest BCUT2D eigenvalue weighted by Crippen LogP contribution is 2.29. The summed E-state index contributed by atoms with van der Waals surface area (Å²) in [5.41, 5.74) is 4.11. The zero-order chi connectivity index (χ0) is 19.5. The first kappa shape index (κ1) is 18.2. The molecule has 6 nitrogen and oxygen atoms in total. The van der Waals surface area contributed by atoms with Crippen LogP contribution in [-0.2, 0) is 0 Å². The van der Waals surface area contributed by atoms with Crippen molar-refractivity contribution in [3.05, 3.63) is 65.5 Å². The molecule has 0 atom stereocenters. The summed E-state index contributed by atoms with van der Waals surface area (Å²) in [5.74, 6) is 1.47. The van der Waals surface area contributed by atoms with Crippen LogP contribution in [0.5, 0.6) is 0 Å². The summed E-state index contributed by atoms with van der Waals surface area (Å²) in [7, 11) is 0. The number of carbonyl (C=O) groups excluding carboxylic acids is 1. The molecule has 0 saturated carbocycles. The van der Waals surface area contributed by atoms with Crippen molar-refractivity contribution in [1.82, 2.24) is 15.0 Å². The molecular formula is C22H24N4O2. The lowest BCUT2D eigenvalue weighted by Gasteiger charge is -2.30. The summed E-state index contributed by atoms with van der Waals surface area (Å²) in [6, 6.07) is 15.8. The van der Waals surface area contributed by atoms with Gasteiger partial charge in [0.2, 0.25) is 11.7 Å². The molecule has 1 aromatic heterocycles. The molecule has 28 heavy (non-hydrogen) atoms. The normalized spacial score (nSPS) is 14.9. The molecule has 144 valence electrons. The van der Waals surface area contributed by atoms with Crippen LogP contribution < -0.4 is 5.32 Å². The van der Waals surface area contributed by atoms with Gasteiger partial charge in [0, 0.05) is 30.3 Å². The molecule has 0 unspecified atom stereocenters. The highest BCUT2D eigenvalue weighted by atomic mass is 16.5. The molecule has 1 N–H and O–H groups in total. The number of anilines is 1. The first-order valence-electron chi connectivity index (χ1n) is 9.62. The molecule has 2 aromatic carbocycles. The van der Waals surface area contributed by atoms with E-state index in [0.717, 1.165) is 29.7 Å². The highest BCUT2D eigenvalue weighted by molar-refractivity contribution is 5.89. The number of urea groups is 1. The van der Waals surface area contributed by atoms with Gasteiger partial charge in [0.05, 0.1) is 0 Å². The lowest BCUT2D eigenvalue weighted by atomic mass is 9.97. The van der Waals surface area contributed by atoms with Crippen LogP contribution in [0.1, 0.15) is 35.8 Å². The van der Waals surface area contributed by atoms with E-state index in [4.69, 9.17) is 4.52 Å². The number of likely N-dealkylation sites (tertiary alicyclic amines) is 1. The second-order valence-corrected chi connectivity index (χ2v) is 7.38. The number of benzene rings is 2. The molecule has 0 radical (unpaired) electrons. The van der Waals surface area contributed by atoms with Crippen LogP contribution >= 0.6 is 0 Å². The molecule has 1 aliphatic heterocycles. The summed E-state index contributed by atoms with van der Waals surface area (Å²) in [6.45, 7) is 5.41. The van der Waals surface area contributed by atoms with E-state index in [1.807, 2.05) is 67.3 Å². The minimum Gasteiger partial charge on any atom is -0.339 e. The van der Waals surface area contributed by atoms with E-state index in [9.17, 15) is 4.79 Å². The van der Waals surface area contributed by atoms with Crippen molar-refractivity contribution in [1.29, 1.82) is 0 Å². The Morgan fingerprint density at radius 3 is 2.54 bits per heavy atom. The van der Waals surface area contributed by atoms with Gasteiger partial charge in [-0.15, -0.1) is 0 Å². The van der Waals surface area contributed by atoms with E-state index in [-0.39, 0.29) is 11.9 Å². The van der Waals surface area contributed by atoms with Gasteiger partial charge in [0.15, 0.2) is 0 Å². The molecule has 6 heteroatoms. The van der Waals surface area contributed by atoms with Gasteiger partial charge in [-0.3, -0.25) is 0 Å². The summed E-state index contributed by atoms with van der Waals surface area (Å²) in [6.07, 6.45) is 1.63. The fraction of sp³-hybridized carbons (Fsp3) is 0.318. The number of hydrogen-bond acceptors (Lipinski definition) is 4. The molecule has 1 saturated heterocycles. The number of nitrogens with one attached hydrogen (secondary N) is 1. The maximum absolute atomic E-state index is 12.5. The standard InChI is InChI=1S/C22H24N4O2/c1-15-6-8-19(9-7-15)23-22(27)26-12-10-17(11-13-26)21-24-20(25-28-21)18-5-3-4-16(2)14-18/h3-9,14,17H,10-13H2,1-2H3,(H,23,27). The third-order valence-corrected chi connectivity index (χ3v) is 5.15. The highest BCUT2D eigenvalue weighted by Gasteiger charge is 2.27. The van der Waals surface area contributed by atoms with Crippen LogP contribution in [0.3, 0.4) is 0 Å². The van der Waals surface area contributed by atoms with Gasteiger partial charge in [-0.05, 0) is 44.9 Å². The van der Waals surface area contributed by atoms with E-state index in [0.29, 0.717) is 24.8 Å². The Kier molecular flexibility index (Phi) is 5.10. The van der Waals surface area contributed by atoms with Crippen LogP contribution in [0.2, 0.25) is 0 Å². The van der Waals surface area contributed by atoms with E-state index in [1.165, 1.54) is 5.56 Å². The quantitative estimate of drug-likeness (QED) is 0.715. The van der Waals surface area contributed by atoms with Crippen molar-refractivity contribution in [3.8, 4) is 11.4 Å². The Morgan fingerprint density at radius 2 is 1.82 bits per heavy atom. The van der Waals surface area contributed by atoms with Crippen molar-refractivity contribution >= 4 is 11.7 Å². The number of nitrogens with zero attached hydrogens (tertiary/aromatic N) is 3. The molecule has 0 aliphatic carbocycles. The van der Waals surface area contributed by atoms with Crippen LogP contribution in [0.4, 0.5) is 10.5 Å². The fourth-order valence-corrected chi connectivity index (χ4v) is 3.47. The predicted octanol–water partition coefficient (Wildman–Crippen LogP) is 4.76. The van der Waals surface area contributed by atoms with E-state index >= 15 is 0 Å². The summed E-state index contributed by atoms with van der Waals surface area (Å²) >= 11 is 0. The van der Waals surface area contributed by atoms with Gasteiger partial charge in [0.25, 0.3) is 0 Å². The van der Waals surface area contributed by atoms with Gasteiger partial charge in [-0.1, -0.05) is 46.6 Å². The average molecular weight is 376 g/mol. The van der Waals surface area contributed by atoms with Gasteiger partial charge < -0.3 is 14.7 Å². The first-order chi connectivity index (χ1) is 13.6. The Balaban J connectivity index is 1.35. The van der Waals surface area contributed by atoms with Gasteiger partial charge in [0.1, 0.15) is 0 Å². The van der Waals surface area contributed by atoms with Crippen molar-refractivity contribution in [2.24, 2.45) is 0 Å². The number of aryl methyl sites for hydroxylation is 2. The molecule has 2 heterocycles. The number of piperidine rings is 1. The summed E-state index contributed by atoms with van der Waals surface area (Å²) in [4.78, 5) is 18.9. The van der Waals surface area contributed by atoms with E-state index in [1.54, 1.807) is 0 Å². The van der Waals surface area contributed by atoms with Crippen LogP contribution in [0, 0.1) is 13.8 Å². The molecule has 4 rings (SSSR count).